The van der Waals surface area contributed by atoms with Gasteiger partial charge < -0.3 is 5.11 Å². The molecule has 1 aromatic carbocycles. The highest BCUT2D eigenvalue weighted by Gasteiger charge is 2.35. The SMILES string of the molecule is CC1CCC(C(=O)O)N1Cc1ccccc1. The minimum Gasteiger partial charge on any atom is -0.480 e. The zero-order valence-electron chi connectivity index (χ0n) is 9.47. The lowest BCUT2D eigenvalue weighted by molar-refractivity contribution is -0.142. The number of hydrogen-bond donors (Lipinski definition) is 1. The second-order valence-corrected chi connectivity index (χ2v) is 4.44. The Hall–Kier alpha value is -1.35. The van der Waals surface area contributed by atoms with E-state index >= 15 is 0 Å². The van der Waals surface area contributed by atoms with Gasteiger partial charge in [0.2, 0.25) is 0 Å². The van der Waals surface area contributed by atoms with E-state index in [1.54, 1.807) is 0 Å². The van der Waals surface area contributed by atoms with Gasteiger partial charge in [0.1, 0.15) is 6.04 Å². The molecule has 1 N–H and O–H groups in total. The Morgan fingerprint density at radius 3 is 2.69 bits per heavy atom. The molecule has 2 rings (SSSR count). The van der Waals surface area contributed by atoms with Crippen LogP contribution in [0, 0.1) is 0 Å². The molecule has 86 valence electrons. The molecule has 0 radical (unpaired) electrons. The van der Waals surface area contributed by atoms with Gasteiger partial charge >= 0.3 is 5.97 Å². The Morgan fingerprint density at radius 1 is 1.38 bits per heavy atom. The molecule has 0 aromatic heterocycles. The van der Waals surface area contributed by atoms with Crippen LogP contribution in [0.4, 0.5) is 0 Å². The molecule has 1 heterocycles. The van der Waals surface area contributed by atoms with Crippen LogP contribution in [0.1, 0.15) is 25.3 Å². The number of carbonyl (C=O) groups is 1. The highest BCUT2D eigenvalue weighted by Crippen LogP contribution is 2.25. The Kier molecular flexibility index (Phi) is 3.25. The highest BCUT2D eigenvalue weighted by molar-refractivity contribution is 5.73. The van der Waals surface area contributed by atoms with Gasteiger partial charge in [-0.3, -0.25) is 9.69 Å². The van der Waals surface area contributed by atoms with E-state index in [0.717, 1.165) is 19.4 Å². The molecule has 0 amide bonds. The first-order chi connectivity index (χ1) is 7.68. The predicted octanol–water partition coefficient (Wildman–Crippen LogP) is 2.12. The van der Waals surface area contributed by atoms with Crippen LogP contribution < -0.4 is 0 Å². The maximum absolute atomic E-state index is 11.1. The van der Waals surface area contributed by atoms with Gasteiger partial charge in [-0.15, -0.1) is 0 Å². The van der Waals surface area contributed by atoms with Crippen molar-refractivity contribution in [1.82, 2.24) is 4.90 Å². The van der Waals surface area contributed by atoms with Gasteiger partial charge in [0.15, 0.2) is 0 Å². The van der Waals surface area contributed by atoms with Crippen molar-refractivity contribution in [1.29, 1.82) is 0 Å². The molecule has 0 spiro atoms. The molecule has 16 heavy (non-hydrogen) atoms. The summed E-state index contributed by atoms with van der Waals surface area (Å²) in [5, 5.41) is 9.14. The fourth-order valence-corrected chi connectivity index (χ4v) is 2.36. The van der Waals surface area contributed by atoms with Crippen LogP contribution in [0.15, 0.2) is 30.3 Å². The first-order valence-corrected chi connectivity index (χ1v) is 5.71. The summed E-state index contributed by atoms with van der Waals surface area (Å²) in [6, 6.07) is 10.1. The first kappa shape index (κ1) is 11.1. The lowest BCUT2D eigenvalue weighted by Crippen LogP contribution is -2.38. The largest absolute Gasteiger partial charge is 0.480 e. The summed E-state index contributed by atoms with van der Waals surface area (Å²) in [4.78, 5) is 13.2. The van der Waals surface area contributed by atoms with Crippen LogP contribution in [0.25, 0.3) is 0 Å². The van der Waals surface area contributed by atoms with E-state index in [4.69, 9.17) is 5.11 Å². The third-order valence-electron chi connectivity index (χ3n) is 3.32. The number of carboxylic acid groups (broad SMARTS) is 1. The van der Waals surface area contributed by atoms with Crippen molar-refractivity contribution >= 4 is 5.97 Å². The number of rotatable bonds is 3. The van der Waals surface area contributed by atoms with Gasteiger partial charge in [-0.2, -0.15) is 0 Å². The molecule has 1 aromatic rings. The quantitative estimate of drug-likeness (QED) is 0.846. The molecule has 1 aliphatic rings. The average molecular weight is 219 g/mol. The van der Waals surface area contributed by atoms with Crippen molar-refractivity contribution in [2.45, 2.75) is 38.4 Å². The molecular weight excluding hydrogens is 202 g/mol. The normalized spacial score (nSPS) is 25.8. The van der Waals surface area contributed by atoms with E-state index in [0.29, 0.717) is 6.04 Å². The summed E-state index contributed by atoms with van der Waals surface area (Å²) in [7, 11) is 0. The number of benzene rings is 1. The molecule has 0 saturated carbocycles. The topological polar surface area (TPSA) is 40.5 Å². The zero-order valence-corrected chi connectivity index (χ0v) is 9.47. The summed E-state index contributed by atoms with van der Waals surface area (Å²) < 4.78 is 0. The van der Waals surface area contributed by atoms with E-state index < -0.39 is 5.97 Å². The Labute approximate surface area is 95.7 Å². The lowest BCUT2D eigenvalue weighted by Gasteiger charge is -2.25. The van der Waals surface area contributed by atoms with Crippen molar-refractivity contribution in [3.8, 4) is 0 Å². The zero-order chi connectivity index (χ0) is 11.5. The van der Waals surface area contributed by atoms with E-state index in [9.17, 15) is 4.79 Å². The fraction of sp³-hybridized carbons (Fsp3) is 0.462. The maximum atomic E-state index is 11.1. The number of hydrogen-bond acceptors (Lipinski definition) is 2. The molecule has 3 nitrogen and oxygen atoms in total. The highest BCUT2D eigenvalue weighted by atomic mass is 16.4. The van der Waals surface area contributed by atoms with Crippen molar-refractivity contribution < 1.29 is 9.90 Å². The minimum atomic E-state index is -0.694. The fourth-order valence-electron chi connectivity index (χ4n) is 2.36. The second kappa shape index (κ2) is 4.66. The summed E-state index contributed by atoms with van der Waals surface area (Å²) in [6.07, 6.45) is 1.74. The standard InChI is InChI=1S/C13H17NO2/c1-10-7-8-12(13(15)16)14(10)9-11-5-3-2-4-6-11/h2-6,10,12H,7-9H2,1H3,(H,15,16). The van der Waals surface area contributed by atoms with Gasteiger partial charge in [-0.25, -0.2) is 0 Å². The summed E-state index contributed by atoms with van der Waals surface area (Å²) in [6.45, 7) is 2.84. The van der Waals surface area contributed by atoms with Crippen molar-refractivity contribution in [3.05, 3.63) is 35.9 Å². The molecule has 0 bridgehead atoms. The number of nitrogens with zero attached hydrogens (tertiary/aromatic N) is 1. The predicted molar refractivity (Wildman–Crippen MR) is 62.1 cm³/mol. The number of carboxylic acids is 1. The Morgan fingerprint density at radius 2 is 2.06 bits per heavy atom. The second-order valence-electron chi connectivity index (χ2n) is 4.44. The molecule has 3 heteroatoms. The van der Waals surface area contributed by atoms with Gasteiger partial charge in [-0.1, -0.05) is 30.3 Å². The number of likely N-dealkylation sites (tertiary alicyclic amines) is 1. The Bertz CT molecular complexity index is 363. The van der Waals surface area contributed by atoms with Crippen molar-refractivity contribution in [2.24, 2.45) is 0 Å². The van der Waals surface area contributed by atoms with E-state index in [1.807, 2.05) is 30.3 Å². The molecular formula is C13H17NO2. The van der Waals surface area contributed by atoms with Crippen molar-refractivity contribution in [3.63, 3.8) is 0 Å². The number of aliphatic carboxylic acids is 1. The molecule has 1 fully saturated rings. The molecule has 2 atom stereocenters. The van der Waals surface area contributed by atoms with Crippen LogP contribution in [0.3, 0.4) is 0 Å². The summed E-state index contributed by atoms with van der Waals surface area (Å²) in [5.41, 5.74) is 1.18. The van der Waals surface area contributed by atoms with Crippen LogP contribution >= 0.6 is 0 Å². The van der Waals surface area contributed by atoms with Gasteiger partial charge in [0.25, 0.3) is 0 Å². The summed E-state index contributed by atoms with van der Waals surface area (Å²) in [5.74, 6) is -0.694. The average Bonchev–Trinajstić information content (AvgIpc) is 2.62. The van der Waals surface area contributed by atoms with Gasteiger partial charge in [-0.05, 0) is 25.3 Å². The van der Waals surface area contributed by atoms with Crippen molar-refractivity contribution in [2.75, 3.05) is 0 Å². The van der Waals surface area contributed by atoms with E-state index in [-0.39, 0.29) is 6.04 Å². The van der Waals surface area contributed by atoms with E-state index in [2.05, 4.69) is 11.8 Å². The third-order valence-corrected chi connectivity index (χ3v) is 3.32. The van der Waals surface area contributed by atoms with Crippen LogP contribution in [0.2, 0.25) is 0 Å². The first-order valence-electron chi connectivity index (χ1n) is 5.71. The van der Waals surface area contributed by atoms with Crippen LogP contribution in [-0.2, 0) is 11.3 Å². The molecule has 1 saturated heterocycles. The maximum Gasteiger partial charge on any atom is 0.320 e. The molecule has 1 aliphatic heterocycles. The summed E-state index contributed by atoms with van der Waals surface area (Å²) >= 11 is 0. The van der Waals surface area contributed by atoms with Gasteiger partial charge in [0.05, 0.1) is 0 Å². The minimum absolute atomic E-state index is 0.310. The Balaban J connectivity index is 2.10. The molecule has 2 unspecified atom stereocenters. The molecule has 0 aliphatic carbocycles. The van der Waals surface area contributed by atoms with Crippen LogP contribution in [0.5, 0.6) is 0 Å². The third kappa shape index (κ3) is 2.25. The smallest absolute Gasteiger partial charge is 0.320 e. The van der Waals surface area contributed by atoms with E-state index in [1.165, 1.54) is 5.56 Å². The van der Waals surface area contributed by atoms with Crippen LogP contribution in [-0.4, -0.2) is 28.1 Å². The van der Waals surface area contributed by atoms with Gasteiger partial charge in [0, 0.05) is 12.6 Å². The lowest BCUT2D eigenvalue weighted by atomic mass is 10.2. The monoisotopic (exact) mass is 219 g/mol.